The molecule has 4 N–H and O–H groups in total. The first-order valence-electron chi connectivity index (χ1n) is 20.2. The molecule has 9 nitrogen and oxygen atoms in total. The third-order valence-electron chi connectivity index (χ3n) is 8.31. The summed E-state index contributed by atoms with van der Waals surface area (Å²) in [6, 6.07) is 13.1. The maximum atomic E-state index is 15.2. The number of piperazine rings is 1. The number of ether oxygens (including phenoxy) is 1. The number of unbranched alkanes of at least 4 members (excludes halogenated alkanes) is 1. The molecule has 55 heavy (non-hydrogen) atoms. The van der Waals surface area contributed by atoms with Crippen molar-refractivity contribution in [2.24, 2.45) is 5.92 Å². The number of fused-ring (bicyclic) bond motifs is 1. The first-order valence-corrected chi connectivity index (χ1v) is 20.2. The van der Waals surface area contributed by atoms with E-state index in [2.05, 4.69) is 56.6 Å². The Morgan fingerprint density at radius 1 is 0.927 bits per heavy atom. The standard InChI is InChI=1S/C27H28FN7O2.C4H8.C4H10.C4H8.2C2H6.CH3F/c1-16-14-20-21(32-16)8-9-22(24(20)28)37-27-23(26(36)34-18-2-3-18)25(30-15-31-27)33-17-4-6-19(7-5-17)35-12-10-29-11-13-35;1-4-2-3-4;2*1-3-4-2;3*1-2/h4-9,14-15,18,29,32H,2-3,10-13H2,1H3,(H,34,36)(H,30,31,33);4H,2-3H2,1H3;3-4H2,1-2H3;3-4H,1-2H3;2*1-2H3;1H3/b;;;4-3+;;;. The number of aromatic nitrogens is 3. The summed E-state index contributed by atoms with van der Waals surface area (Å²) in [4.78, 5) is 27.2. The lowest BCUT2D eigenvalue weighted by atomic mass is 10.2. The van der Waals surface area contributed by atoms with Crippen LogP contribution in [0.1, 0.15) is 117 Å². The van der Waals surface area contributed by atoms with E-state index in [0.29, 0.717) is 18.1 Å². The zero-order valence-electron chi connectivity index (χ0n) is 35.4. The fraction of sp³-hybridized carbons (Fsp3) is 0.523. The number of rotatable bonds is 8. The van der Waals surface area contributed by atoms with Gasteiger partial charge in [-0.3, -0.25) is 9.18 Å². The maximum Gasteiger partial charge on any atom is 0.260 e. The maximum absolute atomic E-state index is 15.2. The molecule has 4 aromatic rings. The molecule has 0 radical (unpaired) electrons. The summed E-state index contributed by atoms with van der Waals surface area (Å²) in [5, 5.41) is 9.97. The molecule has 7 rings (SSSR count). The summed E-state index contributed by atoms with van der Waals surface area (Å²) in [6.07, 6.45) is 12.8. The SMILES string of the molecule is C/C=C/C.CC.CC.CC1CC1.CCCC.CF.Cc1cc2c(F)c(Oc3ncnc(Nc4ccc(N5CCNCC5)cc4)c3C(=O)NC3CC3)ccc2[nH]1. The summed E-state index contributed by atoms with van der Waals surface area (Å²) < 4.78 is 30.7. The van der Waals surface area contributed by atoms with E-state index in [1.807, 2.05) is 84.9 Å². The van der Waals surface area contributed by atoms with Gasteiger partial charge in [0.25, 0.3) is 5.91 Å². The van der Waals surface area contributed by atoms with Gasteiger partial charge in [0.05, 0.1) is 7.18 Å². The van der Waals surface area contributed by atoms with E-state index in [1.165, 1.54) is 38.1 Å². The van der Waals surface area contributed by atoms with E-state index in [4.69, 9.17) is 4.74 Å². The third kappa shape index (κ3) is 17.2. The molecule has 11 heteroatoms. The molecule has 2 saturated carbocycles. The predicted molar refractivity (Wildman–Crippen MR) is 230 cm³/mol. The average Bonchev–Trinajstić information content (AvgIpc) is 4.18. The van der Waals surface area contributed by atoms with Crippen LogP contribution in [0.5, 0.6) is 11.6 Å². The summed E-state index contributed by atoms with van der Waals surface area (Å²) in [6.45, 7) is 24.3. The number of carbonyl (C=O) groups excluding carboxylic acids is 1. The number of hydrogen-bond donors (Lipinski definition) is 4. The van der Waals surface area contributed by atoms with Gasteiger partial charge in [0.2, 0.25) is 5.88 Å². The number of allylic oxidation sites excluding steroid dienone is 2. The number of H-pyrrole nitrogens is 1. The molecule has 2 aliphatic carbocycles. The van der Waals surface area contributed by atoms with Crippen LogP contribution in [0, 0.1) is 18.7 Å². The Kier molecular flexibility index (Phi) is 24.7. The number of nitrogens with one attached hydrogen (secondary N) is 4. The van der Waals surface area contributed by atoms with Crippen LogP contribution >= 0.6 is 0 Å². The molecule has 3 fully saturated rings. The second-order valence-corrected chi connectivity index (χ2v) is 12.8. The summed E-state index contributed by atoms with van der Waals surface area (Å²) >= 11 is 0. The highest BCUT2D eigenvalue weighted by atomic mass is 19.1. The van der Waals surface area contributed by atoms with Gasteiger partial charge in [-0.15, -0.1) is 0 Å². The van der Waals surface area contributed by atoms with Gasteiger partial charge in [-0.05, 0) is 82.0 Å². The lowest BCUT2D eigenvalue weighted by Gasteiger charge is -2.29. The lowest BCUT2D eigenvalue weighted by molar-refractivity contribution is 0.0948. The largest absolute Gasteiger partial charge is 0.435 e. The van der Waals surface area contributed by atoms with Crippen molar-refractivity contribution >= 4 is 34.0 Å². The number of amides is 1. The zero-order chi connectivity index (χ0) is 41.2. The van der Waals surface area contributed by atoms with Crippen LogP contribution in [-0.4, -0.2) is 60.3 Å². The molecule has 1 saturated heterocycles. The highest BCUT2D eigenvalue weighted by molar-refractivity contribution is 6.02. The zero-order valence-corrected chi connectivity index (χ0v) is 35.4. The molecule has 1 amide bonds. The summed E-state index contributed by atoms with van der Waals surface area (Å²) in [5.74, 6) is 0.455. The van der Waals surface area contributed by atoms with E-state index >= 15 is 4.39 Å². The lowest BCUT2D eigenvalue weighted by Crippen LogP contribution is -2.43. The number of benzene rings is 2. The fourth-order valence-electron chi connectivity index (χ4n) is 4.68. The minimum atomic E-state index is -0.521. The molecule has 1 aliphatic heterocycles. The van der Waals surface area contributed by atoms with E-state index in [-0.39, 0.29) is 35.0 Å². The van der Waals surface area contributed by atoms with E-state index in [0.717, 1.165) is 62.0 Å². The smallest absolute Gasteiger partial charge is 0.260 e. The number of alkyl halides is 1. The van der Waals surface area contributed by atoms with Gasteiger partial charge in [0, 0.05) is 60.2 Å². The van der Waals surface area contributed by atoms with Gasteiger partial charge < -0.3 is 30.6 Å². The minimum absolute atomic E-state index is 0.0152. The Bertz CT molecular complexity index is 1640. The topological polar surface area (TPSA) is 107 Å². The van der Waals surface area contributed by atoms with Crippen LogP contribution in [-0.2, 0) is 0 Å². The molecule has 0 atom stereocenters. The van der Waals surface area contributed by atoms with Gasteiger partial charge >= 0.3 is 0 Å². The van der Waals surface area contributed by atoms with Crippen LogP contribution in [0.15, 0.2) is 60.9 Å². The Morgan fingerprint density at radius 2 is 1.51 bits per heavy atom. The first-order chi connectivity index (χ1) is 26.8. The van der Waals surface area contributed by atoms with Crippen LogP contribution in [0.4, 0.5) is 26.0 Å². The van der Waals surface area contributed by atoms with Crippen molar-refractivity contribution < 1.29 is 18.3 Å². The van der Waals surface area contributed by atoms with Crippen LogP contribution in [0.3, 0.4) is 0 Å². The van der Waals surface area contributed by atoms with Crippen molar-refractivity contribution in [2.75, 3.05) is 43.6 Å². The molecule has 3 aliphatic rings. The molecule has 0 spiro atoms. The highest BCUT2D eigenvalue weighted by Gasteiger charge is 2.29. The Balaban J connectivity index is 0.000000711. The van der Waals surface area contributed by atoms with Crippen molar-refractivity contribution in [1.29, 1.82) is 0 Å². The monoisotopic (exact) mass is 766 g/mol. The number of anilines is 3. The van der Waals surface area contributed by atoms with Gasteiger partial charge in [0.1, 0.15) is 11.9 Å². The van der Waals surface area contributed by atoms with Crippen molar-refractivity contribution in [3.05, 3.63) is 78.0 Å². The number of carbonyl (C=O) groups is 1. The van der Waals surface area contributed by atoms with E-state index in [1.54, 1.807) is 12.1 Å². The Labute approximate surface area is 330 Å². The molecular formula is C44H69F2N7O2. The summed E-state index contributed by atoms with van der Waals surface area (Å²) in [7, 11) is 0.500. The van der Waals surface area contributed by atoms with Crippen LogP contribution < -0.4 is 25.6 Å². The predicted octanol–water partition coefficient (Wildman–Crippen LogP) is 11.7. The fourth-order valence-corrected chi connectivity index (χ4v) is 4.68. The summed E-state index contributed by atoms with van der Waals surface area (Å²) in [5.41, 5.74) is 3.54. The molecular weight excluding hydrogens is 697 g/mol. The quantitative estimate of drug-likeness (QED) is 0.132. The normalized spacial score (nSPS) is 13.9. The van der Waals surface area contributed by atoms with Crippen molar-refractivity contribution in [3.8, 4) is 11.6 Å². The van der Waals surface area contributed by atoms with Crippen molar-refractivity contribution in [3.63, 3.8) is 0 Å². The number of hydrogen-bond acceptors (Lipinski definition) is 7. The second kappa shape index (κ2) is 28.0. The second-order valence-electron chi connectivity index (χ2n) is 12.8. The van der Waals surface area contributed by atoms with E-state index < -0.39 is 5.82 Å². The number of aryl methyl sites for hydroxylation is 1. The van der Waals surface area contributed by atoms with Crippen molar-refractivity contribution in [1.82, 2.24) is 25.6 Å². The third-order valence-corrected chi connectivity index (χ3v) is 8.31. The minimum Gasteiger partial charge on any atom is -0.435 e. The van der Waals surface area contributed by atoms with Gasteiger partial charge in [0.15, 0.2) is 17.4 Å². The average molecular weight is 766 g/mol. The highest BCUT2D eigenvalue weighted by Crippen LogP contribution is 2.34. The van der Waals surface area contributed by atoms with Gasteiger partial charge in [-0.25, -0.2) is 14.4 Å². The Hall–Kier alpha value is -4.51. The van der Waals surface area contributed by atoms with Crippen LogP contribution in [0.2, 0.25) is 0 Å². The molecule has 0 bridgehead atoms. The Morgan fingerprint density at radius 3 is 2.02 bits per heavy atom. The number of aromatic amines is 1. The first kappa shape index (κ1) is 48.5. The number of nitrogens with zero attached hydrogens (tertiary/aromatic N) is 3. The molecule has 3 heterocycles. The van der Waals surface area contributed by atoms with Crippen LogP contribution in [0.25, 0.3) is 10.9 Å². The molecule has 2 aromatic carbocycles. The van der Waals surface area contributed by atoms with Gasteiger partial charge in [-0.2, -0.15) is 0 Å². The molecule has 0 unspecified atom stereocenters. The van der Waals surface area contributed by atoms with E-state index in [9.17, 15) is 9.18 Å². The molecule has 2 aromatic heterocycles. The van der Waals surface area contributed by atoms with Gasteiger partial charge in [-0.1, -0.05) is 86.3 Å². The molecule has 306 valence electrons. The number of halogens is 2. The van der Waals surface area contributed by atoms with Crippen molar-refractivity contribution in [2.45, 2.75) is 114 Å².